The summed E-state index contributed by atoms with van der Waals surface area (Å²) in [6.45, 7) is 1.38. The van der Waals surface area contributed by atoms with Crippen molar-refractivity contribution in [3.05, 3.63) is 89.7 Å². The van der Waals surface area contributed by atoms with Crippen LogP contribution in [-0.4, -0.2) is 16.1 Å². The van der Waals surface area contributed by atoms with E-state index in [0.29, 0.717) is 5.75 Å². The SMILES string of the molecule is CC(=O)Oc1ccc(C(c2ccc(O)cc2)c2ccccn2)cc1. The van der Waals surface area contributed by atoms with Gasteiger partial charge in [-0.2, -0.15) is 0 Å². The van der Waals surface area contributed by atoms with Crippen LogP contribution in [0.15, 0.2) is 72.9 Å². The van der Waals surface area contributed by atoms with E-state index in [-0.39, 0.29) is 17.6 Å². The lowest BCUT2D eigenvalue weighted by Gasteiger charge is -2.18. The summed E-state index contributed by atoms with van der Waals surface area (Å²) < 4.78 is 5.09. The fourth-order valence-electron chi connectivity index (χ4n) is 2.64. The van der Waals surface area contributed by atoms with Crippen LogP contribution in [0, 0.1) is 0 Å². The molecule has 0 aliphatic rings. The second kappa shape index (κ2) is 6.96. The van der Waals surface area contributed by atoms with Gasteiger partial charge in [-0.15, -0.1) is 0 Å². The molecule has 4 heteroatoms. The lowest BCUT2D eigenvalue weighted by molar-refractivity contribution is -0.131. The highest BCUT2D eigenvalue weighted by Crippen LogP contribution is 2.32. The molecule has 120 valence electrons. The molecule has 3 aromatic rings. The molecule has 0 bridgehead atoms. The number of benzene rings is 2. The van der Waals surface area contributed by atoms with Crippen molar-refractivity contribution in [2.24, 2.45) is 0 Å². The normalized spacial score (nSPS) is 11.7. The maximum atomic E-state index is 11.1. The minimum atomic E-state index is -0.345. The van der Waals surface area contributed by atoms with E-state index in [1.165, 1.54) is 6.92 Å². The Labute approximate surface area is 140 Å². The lowest BCUT2D eigenvalue weighted by atomic mass is 9.88. The highest BCUT2D eigenvalue weighted by Gasteiger charge is 2.18. The van der Waals surface area contributed by atoms with Crippen LogP contribution >= 0.6 is 0 Å². The Morgan fingerprint density at radius 1 is 0.958 bits per heavy atom. The third-order valence-electron chi connectivity index (χ3n) is 3.68. The average Bonchev–Trinajstić information content (AvgIpc) is 2.59. The molecule has 0 aliphatic carbocycles. The Hall–Kier alpha value is -3.14. The van der Waals surface area contributed by atoms with E-state index >= 15 is 0 Å². The summed E-state index contributed by atoms with van der Waals surface area (Å²) in [6.07, 6.45) is 1.76. The minimum absolute atomic E-state index is 0.0711. The molecule has 4 nitrogen and oxygen atoms in total. The molecule has 0 amide bonds. The van der Waals surface area contributed by atoms with Crippen LogP contribution in [0.25, 0.3) is 0 Å². The summed E-state index contributed by atoms with van der Waals surface area (Å²) in [5.74, 6) is 0.321. The van der Waals surface area contributed by atoms with Crippen LogP contribution in [0.1, 0.15) is 29.7 Å². The van der Waals surface area contributed by atoms with Crippen molar-refractivity contribution < 1.29 is 14.6 Å². The topological polar surface area (TPSA) is 59.4 Å². The molecule has 1 atom stereocenters. The number of carbonyl (C=O) groups excluding carboxylic acids is 1. The summed E-state index contributed by atoms with van der Waals surface area (Å²) >= 11 is 0. The predicted octanol–water partition coefficient (Wildman–Crippen LogP) is 3.89. The van der Waals surface area contributed by atoms with Gasteiger partial charge in [-0.1, -0.05) is 30.3 Å². The molecule has 1 N–H and O–H groups in total. The zero-order valence-electron chi connectivity index (χ0n) is 13.2. The highest BCUT2D eigenvalue weighted by atomic mass is 16.5. The first-order chi connectivity index (χ1) is 11.6. The molecule has 2 aromatic carbocycles. The van der Waals surface area contributed by atoms with Crippen molar-refractivity contribution in [2.75, 3.05) is 0 Å². The Balaban J connectivity index is 2.01. The number of pyridine rings is 1. The third kappa shape index (κ3) is 3.60. The third-order valence-corrected chi connectivity index (χ3v) is 3.68. The number of nitrogens with zero attached hydrogens (tertiary/aromatic N) is 1. The van der Waals surface area contributed by atoms with Gasteiger partial charge in [0.2, 0.25) is 0 Å². The minimum Gasteiger partial charge on any atom is -0.508 e. The fourth-order valence-corrected chi connectivity index (χ4v) is 2.64. The van der Waals surface area contributed by atoms with Crippen molar-refractivity contribution in [3.63, 3.8) is 0 Å². The average molecular weight is 319 g/mol. The van der Waals surface area contributed by atoms with Crippen LogP contribution in [0.4, 0.5) is 0 Å². The molecule has 0 saturated carbocycles. The zero-order chi connectivity index (χ0) is 16.9. The Bertz CT molecular complexity index is 812. The quantitative estimate of drug-likeness (QED) is 0.585. The van der Waals surface area contributed by atoms with Crippen LogP contribution in [-0.2, 0) is 4.79 Å². The summed E-state index contributed by atoms with van der Waals surface area (Å²) in [5.41, 5.74) is 2.95. The van der Waals surface area contributed by atoms with Crippen LogP contribution in [0.5, 0.6) is 11.5 Å². The second-order valence-electron chi connectivity index (χ2n) is 5.44. The number of phenols is 1. The van der Waals surface area contributed by atoms with Crippen molar-refractivity contribution in [2.45, 2.75) is 12.8 Å². The molecule has 0 radical (unpaired) electrons. The largest absolute Gasteiger partial charge is 0.508 e. The first kappa shape index (κ1) is 15.7. The van der Waals surface area contributed by atoms with Gasteiger partial charge < -0.3 is 9.84 Å². The number of aromatic hydroxyl groups is 1. The first-order valence-corrected chi connectivity index (χ1v) is 7.62. The standard InChI is InChI=1S/C20H17NO3/c1-14(22)24-18-11-7-16(8-12-18)20(19-4-2-3-13-21-19)15-5-9-17(23)10-6-15/h2-13,20,23H,1H3. The van der Waals surface area contributed by atoms with Crippen LogP contribution in [0.2, 0.25) is 0 Å². The van der Waals surface area contributed by atoms with Gasteiger partial charge in [-0.05, 0) is 47.5 Å². The maximum Gasteiger partial charge on any atom is 0.308 e. The molecule has 0 aliphatic heterocycles. The molecule has 0 fully saturated rings. The number of ether oxygens (including phenoxy) is 1. The monoisotopic (exact) mass is 319 g/mol. The molecule has 1 heterocycles. The summed E-state index contributed by atoms with van der Waals surface area (Å²) in [6, 6.07) is 20.3. The molecule has 0 saturated heterocycles. The molecular formula is C20H17NO3. The Kier molecular flexibility index (Phi) is 4.57. The van der Waals surface area contributed by atoms with Gasteiger partial charge in [0.05, 0.1) is 11.6 Å². The van der Waals surface area contributed by atoms with Gasteiger partial charge in [0.25, 0.3) is 0 Å². The van der Waals surface area contributed by atoms with Gasteiger partial charge in [0.15, 0.2) is 0 Å². The van der Waals surface area contributed by atoms with Crippen molar-refractivity contribution in [1.29, 1.82) is 0 Å². The molecular weight excluding hydrogens is 302 g/mol. The van der Waals surface area contributed by atoms with Gasteiger partial charge in [0.1, 0.15) is 11.5 Å². The lowest BCUT2D eigenvalue weighted by Crippen LogP contribution is -2.06. The number of aromatic nitrogens is 1. The molecule has 0 spiro atoms. The van der Waals surface area contributed by atoms with E-state index in [2.05, 4.69) is 4.98 Å². The van der Waals surface area contributed by atoms with Gasteiger partial charge in [-0.3, -0.25) is 9.78 Å². The first-order valence-electron chi connectivity index (χ1n) is 7.62. The summed E-state index contributed by atoms with van der Waals surface area (Å²) in [5, 5.41) is 9.54. The predicted molar refractivity (Wildman–Crippen MR) is 91.0 cm³/mol. The Morgan fingerprint density at radius 3 is 2.12 bits per heavy atom. The van der Waals surface area contributed by atoms with E-state index in [1.807, 2.05) is 42.5 Å². The van der Waals surface area contributed by atoms with Crippen LogP contribution in [0.3, 0.4) is 0 Å². The highest BCUT2D eigenvalue weighted by molar-refractivity contribution is 5.69. The number of esters is 1. The van der Waals surface area contributed by atoms with Crippen molar-refractivity contribution >= 4 is 5.97 Å². The number of phenolic OH excluding ortho intramolecular Hbond substituents is 1. The zero-order valence-corrected chi connectivity index (χ0v) is 13.2. The number of rotatable bonds is 4. The van der Waals surface area contributed by atoms with E-state index in [1.54, 1.807) is 30.5 Å². The smallest absolute Gasteiger partial charge is 0.308 e. The van der Waals surface area contributed by atoms with E-state index in [0.717, 1.165) is 16.8 Å². The van der Waals surface area contributed by atoms with Gasteiger partial charge in [-0.25, -0.2) is 0 Å². The van der Waals surface area contributed by atoms with Crippen LogP contribution < -0.4 is 4.74 Å². The molecule has 1 aromatic heterocycles. The fraction of sp³-hybridized carbons (Fsp3) is 0.100. The number of hydrogen-bond acceptors (Lipinski definition) is 4. The molecule has 24 heavy (non-hydrogen) atoms. The summed E-state index contributed by atoms with van der Waals surface area (Å²) in [4.78, 5) is 15.5. The molecule has 3 rings (SSSR count). The van der Waals surface area contributed by atoms with Crippen molar-refractivity contribution in [1.82, 2.24) is 4.98 Å². The van der Waals surface area contributed by atoms with Gasteiger partial charge >= 0.3 is 5.97 Å². The molecule has 1 unspecified atom stereocenters. The maximum absolute atomic E-state index is 11.1. The number of hydrogen-bond donors (Lipinski definition) is 1. The number of carbonyl (C=O) groups is 1. The van der Waals surface area contributed by atoms with E-state index in [9.17, 15) is 9.90 Å². The van der Waals surface area contributed by atoms with Gasteiger partial charge in [0, 0.05) is 13.1 Å². The second-order valence-corrected chi connectivity index (χ2v) is 5.44. The van der Waals surface area contributed by atoms with Crippen molar-refractivity contribution in [3.8, 4) is 11.5 Å². The summed E-state index contributed by atoms with van der Waals surface area (Å²) in [7, 11) is 0. The Morgan fingerprint density at radius 2 is 1.58 bits per heavy atom. The van der Waals surface area contributed by atoms with E-state index in [4.69, 9.17) is 4.74 Å². The van der Waals surface area contributed by atoms with E-state index < -0.39 is 0 Å².